The Kier molecular flexibility index (Phi) is 11.4. The molecular formula is C19H31F3IN5O2S. The van der Waals surface area contributed by atoms with Gasteiger partial charge >= 0.3 is 15.5 Å². The van der Waals surface area contributed by atoms with Gasteiger partial charge in [-0.05, 0) is 37.3 Å². The van der Waals surface area contributed by atoms with E-state index in [4.69, 9.17) is 0 Å². The normalized spacial score (nSPS) is 16.5. The van der Waals surface area contributed by atoms with Crippen molar-refractivity contribution in [3.8, 4) is 0 Å². The molecule has 1 fully saturated rings. The fourth-order valence-electron chi connectivity index (χ4n) is 3.30. The van der Waals surface area contributed by atoms with Gasteiger partial charge in [0.15, 0.2) is 5.96 Å². The molecule has 0 amide bonds. The number of alkyl halides is 3. The number of sulfonamides is 1. The molecular weight excluding hydrogens is 546 g/mol. The lowest BCUT2D eigenvalue weighted by atomic mass is 9.98. The number of aliphatic imine (C=N–C) groups is 1. The summed E-state index contributed by atoms with van der Waals surface area (Å²) < 4.78 is 61.4. The molecule has 0 saturated carbocycles. The average Bonchev–Trinajstić information content (AvgIpc) is 2.73. The van der Waals surface area contributed by atoms with Gasteiger partial charge in [0, 0.05) is 52.5 Å². The second-order valence-electron chi connectivity index (χ2n) is 7.28. The molecule has 1 aromatic rings. The first-order valence-electron chi connectivity index (χ1n) is 9.92. The Balaban J connectivity index is 0.00000480. The van der Waals surface area contributed by atoms with Gasteiger partial charge in [0.25, 0.3) is 0 Å². The van der Waals surface area contributed by atoms with Gasteiger partial charge in [0.1, 0.15) is 0 Å². The van der Waals surface area contributed by atoms with E-state index in [0.717, 1.165) is 25.2 Å². The molecule has 7 nitrogen and oxygen atoms in total. The molecule has 0 spiro atoms. The first-order valence-corrected chi connectivity index (χ1v) is 11.4. The highest BCUT2D eigenvalue weighted by molar-refractivity contribution is 14.0. The van der Waals surface area contributed by atoms with Crippen LogP contribution in [0.2, 0.25) is 0 Å². The van der Waals surface area contributed by atoms with Crippen LogP contribution in [0.3, 0.4) is 0 Å². The number of nitrogens with zero attached hydrogens (tertiary/aromatic N) is 3. The monoisotopic (exact) mass is 577 g/mol. The van der Waals surface area contributed by atoms with Crippen molar-refractivity contribution in [2.45, 2.75) is 24.8 Å². The fourth-order valence-corrected chi connectivity index (χ4v) is 4.28. The number of para-hydroxylation sites is 1. The van der Waals surface area contributed by atoms with Crippen molar-refractivity contribution in [3.05, 3.63) is 30.3 Å². The molecule has 1 aliphatic heterocycles. The topological polar surface area (TPSA) is 77.0 Å². The van der Waals surface area contributed by atoms with Crippen molar-refractivity contribution < 1.29 is 21.6 Å². The lowest BCUT2D eigenvalue weighted by Crippen LogP contribution is -2.47. The minimum absolute atomic E-state index is 0. The predicted octanol–water partition coefficient (Wildman–Crippen LogP) is 2.86. The van der Waals surface area contributed by atoms with Crippen molar-refractivity contribution in [1.82, 2.24) is 14.9 Å². The lowest BCUT2D eigenvalue weighted by molar-refractivity contribution is -0.0496. The van der Waals surface area contributed by atoms with Crippen LogP contribution in [0.15, 0.2) is 35.3 Å². The number of piperidine rings is 1. The number of halogens is 4. The van der Waals surface area contributed by atoms with Crippen LogP contribution in [-0.4, -0.2) is 71.0 Å². The molecule has 0 radical (unpaired) electrons. The second-order valence-corrected chi connectivity index (χ2v) is 9.21. The van der Waals surface area contributed by atoms with E-state index < -0.39 is 15.5 Å². The number of hydrogen-bond donors (Lipinski definition) is 2. The summed E-state index contributed by atoms with van der Waals surface area (Å²) in [6.07, 6.45) is 1.65. The molecule has 1 saturated heterocycles. The third-order valence-corrected chi connectivity index (χ3v) is 6.78. The Morgan fingerprint density at radius 3 is 2.35 bits per heavy atom. The zero-order chi connectivity index (χ0) is 22.2. The van der Waals surface area contributed by atoms with E-state index in [0.29, 0.717) is 29.7 Å². The average molecular weight is 577 g/mol. The van der Waals surface area contributed by atoms with Crippen molar-refractivity contribution in [3.63, 3.8) is 0 Å². The largest absolute Gasteiger partial charge is 0.511 e. The number of nitrogens with one attached hydrogen (secondary N) is 2. The summed E-state index contributed by atoms with van der Waals surface area (Å²) in [5, 5.41) is 6.40. The van der Waals surface area contributed by atoms with Gasteiger partial charge in [0.05, 0.1) is 0 Å². The van der Waals surface area contributed by atoms with Crippen molar-refractivity contribution in [2.75, 3.05) is 51.7 Å². The number of anilines is 1. The summed E-state index contributed by atoms with van der Waals surface area (Å²) >= 11 is 0. The Morgan fingerprint density at radius 2 is 1.81 bits per heavy atom. The third kappa shape index (κ3) is 8.29. The van der Waals surface area contributed by atoms with Gasteiger partial charge in [-0.25, -0.2) is 8.42 Å². The van der Waals surface area contributed by atoms with Gasteiger partial charge < -0.3 is 15.5 Å². The highest BCUT2D eigenvalue weighted by Gasteiger charge is 2.50. The molecule has 1 aliphatic rings. The van der Waals surface area contributed by atoms with Gasteiger partial charge in [-0.1, -0.05) is 18.2 Å². The zero-order valence-electron chi connectivity index (χ0n) is 17.7. The van der Waals surface area contributed by atoms with Crippen LogP contribution in [0.4, 0.5) is 18.9 Å². The molecule has 2 rings (SSSR count). The van der Waals surface area contributed by atoms with Gasteiger partial charge in [0.2, 0.25) is 0 Å². The van der Waals surface area contributed by atoms with E-state index in [2.05, 4.69) is 32.7 Å². The van der Waals surface area contributed by atoms with Crippen LogP contribution in [0.1, 0.15) is 19.3 Å². The predicted molar refractivity (Wildman–Crippen MR) is 128 cm³/mol. The standard InChI is InChI=1S/C19H30F3N5O2S.HI/c1-23-18(24-11-6-12-26(2)17-7-4-3-5-8-17)25-15-16-9-13-27(14-10-16)30(28,29)19(20,21)22;/h3-5,7-8,16H,6,9-15H2,1-2H3,(H2,23,24,25);1H. The summed E-state index contributed by atoms with van der Waals surface area (Å²) in [5.74, 6) is 0.718. The van der Waals surface area contributed by atoms with Crippen molar-refractivity contribution in [2.24, 2.45) is 10.9 Å². The molecule has 1 aromatic carbocycles. The van der Waals surface area contributed by atoms with Crippen LogP contribution in [0.5, 0.6) is 0 Å². The zero-order valence-corrected chi connectivity index (χ0v) is 20.9. The molecule has 0 unspecified atom stereocenters. The van der Waals surface area contributed by atoms with E-state index in [1.165, 1.54) is 0 Å². The first kappa shape index (κ1) is 27.8. The minimum atomic E-state index is -5.24. The van der Waals surface area contributed by atoms with Crippen LogP contribution in [0.25, 0.3) is 0 Å². The van der Waals surface area contributed by atoms with E-state index in [-0.39, 0.29) is 43.0 Å². The molecule has 178 valence electrons. The maximum Gasteiger partial charge on any atom is 0.511 e. The molecule has 31 heavy (non-hydrogen) atoms. The Morgan fingerprint density at radius 1 is 1.19 bits per heavy atom. The summed E-state index contributed by atoms with van der Waals surface area (Å²) in [6, 6.07) is 10.1. The number of hydrogen-bond acceptors (Lipinski definition) is 4. The number of guanidine groups is 1. The highest BCUT2D eigenvalue weighted by atomic mass is 127. The molecule has 0 aromatic heterocycles. The molecule has 0 atom stereocenters. The van der Waals surface area contributed by atoms with E-state index in [9.17, 15) is 21.6 Å². The molecule has 1 heterocycles. The van der Waals surface area contributed by atoms with Crippen LogP contribution in [-0.2, 0) is 10.0 Å². The molecule has 0 bridgehead atoms. The minimum Gasteiger partial charge on any atom is -0.375 e. The van der Waals surface area contributed by atoms with E-state index in [1.807, 2.05) is 25.2 Å². The molecule has 0 aliphatic carbocycles. The SMILES string of the molecule is CN=C(NCCCN(C)c1ccccc1)NCC1CCN(S(=O)(=O)C(F)(F)F)CC1.I. The van der Waals surface area contributed by atoms with Crippen LogP contribution < -0.4 is 15.5 Å². The fraction of sp³-hybridized carbons (Fsp3) is 0.632. The number of benzene rings is 1. The summed E-state index contributed by atoms with van der Waals surface area (Å²) in [7, 11) is -1.54. The Hall–Kier alpha value is -1.28. The Bertz CT molecular complexity index is 785. The maximum atomic E-state index is 12.6. The quantitative estimate of drug-likeness (QED) is 0.215. The molecule has 2 N–H and O–H groups in total. The van der Waals surface area contributed by atoms with Crippen molar-refractivity contribution in [1.29, 1.82) is 0 Å². The summed E-state index contributed by atoms with van der Waals surface area (Å²) in [5.41, 5.74) is -4.09. The van der Waals surface area contributed by atoms with Crippen LogP contribution >= 0.6 is 24.0 Å². The smallest absolute Gasteiger partial charge is 0.375 e. The maximum absolute atomic E-state index is 12.6. The third-order valence-electron chi connectivity index (χ3n) is 5.15. The number of rotatable bonds is 8. The first-order chi connectivity index (χ1) is 14.1. The van der Waals surface area contributed by atoms with E-state index in [1.54, 1.807) is 7.05 Å². The van der Waals surface area contributed by atoms with Gasteiger partial charge in [-0.15, -0.1) is 24.0 Å². The second kappa shape index (κ2) is 12.7. The van der Waals surface area contributed by atoms with Gasteiger partial charge in [-0.2, -0.15) is 17.5 Å². The highest BCUT2D eigenvalue weighted by Crippen LogP contribution is 2.30. The summed E-state index contributed by atoms with van der Waals surface area (Å²) in [6.45, 7) is 1.89. The van der Waals surface area contributed by atoms with Crippen molar-refractivity contribution >= 4 is 45.6 Å². The van der Waals surface area contributed by atoms with Gasteiger partial charge in [-0.3, -0.25) is 4.99 Å². The summed E-state index contributed by atoms with van der Waals surface area (Å²) in [4.78, 5) is 6.33. The Labute approximate surface area is 199 Å². The lowest BCUT2D eigenvalue weighted by Gasteiger charge is -2.31. The van der Waals surface area contributed by atoms with Crippen LogP contribution in [0, 0.1) is 5.92 Å². The molecule has 12 heteroatoms. The van der Waals surface area contributed by atoms with E-state index >= 15 is 0 Å².